The van der Waals surface area contributed by atoms with Gasteiger partial charge in [0.2, 0.25) is 5.91 Å². The van der Waals surface area contributed by atoms with Crippen molar-refractivity contribution in [1.82, 2.24) is 5.01 Å². The van der Waals surface area contributed by atoms with Gasteiger partial charge in [0.05, 0.1) is 5.75 Å². The lowest BCUT2D eigenvalue weighted by atomic mass is 10.1. The molecule has 0 radical (unpaired) electrons. The number of amides is 2. The quantitative estimate of drug-likeness (QED) is 0.387. The molecule has 0 spiro atoms. The molecule has 1 rings (SSSR count). The summed E-state index contributed by atoms with van der Waals surface area (Å²) in [4.78, 5) is 23.0. The number of carbonyl (C=O) groups excluding carboxylic acids is 2. The molecular formula is C12H17N3O2S2. The average molecular weight is 299 g/mol. The van der Waals surface area contributed by atoms with Gasteiger partial charge in [0.1, 0.15) is 0 Å². The lowest BCUT2D eigenvalue weighted by molar-refractivity contribution is -0.113. The largest absolute Gasteiger partial charge is 0.325 e. The van der Waals surface area contributed by atoms with Gasteiger partial charge in [-0.25, -0.2) is 5.84 Å². The molecule has 0 fully saturated rings. The molecule has 0 bridgehead atoms. The van der Waals surface area contributed by atoms with E-state index < -0.39 is 0 Å². The summed E-state index contributed by atoms with van der Waals surface area (Å²) < 4.78 is 0. The zero-order chi connectivity index (χ0) is 14.4. The minimum absolute atomic E-state index is 0.137. The van der Waals surface area contributed by atoms with Crippen LogP contribution in [-0.4, -0.2) is 29.0 Å². The van der Waals surface area contributed by atoms with Gasteiger partial charge in [0.15, 0.2) is 0 Å². The molecule has 7 heteroatoms. The molecule has 104 valence electrons. The van der Waals surface area contributed by atoms with E-state index in [9.17, 15) is 9.59 Å². The SMILES string of the molecule is Cc1cccc(C)c1NC(=O)CSSC(=O)N(C)N. The maximum atomic E-state index is 11.8. The van der Waals surface area contributed by atoms with E-state index in [1.807, 2.05) is 32.0 Å². The van der Waals surface area contributed by atoms with Crippen LogP contribution in [0.4, 0.5) is 10.5 Å². The Kier molecular flexibility index (Phi) is 6.20. The Bertz CT molecular complexity index is 458. The highest BCUT2D eigenvalue weighted by Crippen LogP contribution is 2.24. The van der Waals surface area contributed by atoms with E-state index in [2.05, 4.69) is 5.32 Å². The number of nitrogens with two attached hydrogens (primary N) is 1. The molecule has 0 heterocycles. The van der Waals surface area contributed by atoms with Crippen LogP contribution in [0.1, 0.15) is 11.1 Å². The van der Waals surface area contributed by atoms with Crippen LogP contribution in [0.15, 0.2) is 18.2 Å². The van der Waals surface area contributed by atoms with E-state index >= 15 is 0 Å². The summed E-state index contributed by atoms with van der Waals surface area (Å²) in [7, 11) is 3.58. The van der Waals surface area contributed by atoms with Crippen LogP contribution in [0.25, 0.3) is 0 Å². The van der Waals surface area contributed by atoms with Crippen LogP contribution < -0.4 is 11.2 Å². The number of hydrazine groups is 1. The first-order chi connectivity index (χ1) is 8.91. The molecule has 0 unspecified atom stereocenters. The van der Waals surface area contributed by atoms with E-state index in [0.717, 1.165) is 43.4 Å². The number of hydrogen-bond donors (Lipinski definition) is 2. The van der Waals surface area contributed by atoms with Gasteiger partial charge in [0.25, 0.3) is 0 Å². The fourth-order valence-electron chi connectivity index (χ4n) is 1.38. The first kappa shape index (κ1) is 15.9. The van der Waals surface area contributed by atoms with Crippen molar-refractivity contribution in [1.29, 1.82) is 0 Å². The minimum atomic E-state index is -0.287. The van der Waals surface area contributed by atoms with Crippen molar-refractivity contribution in [3.8, 4) is 0 Å². The number of aryl methyl sites for hydroxylation is 2. The van der Waals surface area contributed by atoms with Crippen LogP contribution in [0.3, 0.4) is 0 Å². The zero-order valence-corrected chi connectivity index (χ0v) is 12.7. The maximum absolute atomic E-state index is 11.8. The molecule has 3 N–H and O–H groups in total. The monoisotopic (exact) mass is 299 g/mol. The molecule has 0 atom stereocenters. The molecule has 19 heavy (non-hydrogen) atoms. The fourth-order valence-corrected chi connectivity index (χ4v) is 2.99. The van der Waals surface area contributed by atoms with Crippen molar-refractivity contribution in [3.05, 3.63) is 29.3 Å². The molecule has 0 saturated carbocycles. The van der Waals surface area contributed by atoms with E-state index in [4.69, 9.17) is 5.84 Å². The summed E-state index contributed by atoms with van der Waals surface area (Å²) in [5.74, 6) is 5.32. The molecular weight excluding hydrogens is 282 g/mol. The highest BCUT2D eigenvalue weighted by Gasteiger charge is 2.10. The van der Waals surface area contributed by atoms with Gasteiger partial charge in [-0.3, -0.25) is 14.6 Å². The van der Waals surface area contributed by atoms with E-state index in [-0.39, 0.29) is 16.9 Å². The van der Waals surface area contributed by atoms with Crippen molar-refractivity contribution in [2.45, 2.75) is 13.8 Å². The van der Waals surface area contributed by atoms with Gasteiger partial charge < -0.3 is 5.32 Å². The summed E-state index contributed by atoms with van der Waals surface area (Å²) in [6.07, 6.45) is 0. The van der Waals surface area contributed by atoms with Crippen molar-refractivity contribution in [3.63, 3.8) is 0 Å². The fraction of sp³-hybridized carbons (Fsp3) is 0.333. The zero-order valence-electron chi connectivity index (χ0n) is 11.1. The summed E-state index contributed by atoms with van der Waals surface area (Å²) in [5, 5.41) is 3.55. The van der Waals surface area contributed by atoms with E-state index in [0.29, 0.717) is 0 Å². The second kappa shape index (κ2) is 7.42. The number of nitrogens with zero attached hydrogens (tertiary/aromatic N) is 1. The number of para-hydroxylation sites is 1. The van der Waals surface area contributed by atoms with Crippen molar-refractivity contribution >= 4 is 38.4 Å². The number of carbonyl (C=O) groups is 2. The Morgan fingerprint density at radius 3 is 2.42 bits per heavy atom. The second-order valence-corrected chi connectivity index (χ2v) is 6.28. The van der Waals surface area contributed by atoms with Gasteiger partial charge in [-0.2, -0.15) is 0 Å². The first-order valence-electron chi connectivity index (χ1n) is 5.59. The minimum Gasteiger partial charge on any atom is -0.325 e. The molecule has 1 aromatic carbocycles. The Morgan fingerprint density at radius 1 is 1.32 bits per heavy atom. The van der Waals surface area contributed by atoms with Gasteiger partial charge in [-0.1, -0.05) is 29.0 Å². The Balaban J connectivity index is 2.46. The summed E-state index contributed by atoms with van der Waals surface area (Å²) in [6, 6.07) is 5.83. The summed E-state index contributed by atoms with van der Waals surface area (Å²) in [6.45, 7) is 3.88. The van der Waals surface area contributed by atoms with Gasteiger partial charge >= 0.3 is 5.24 Å². The van der Waals surface area contributed by atoms with Gasteiger partial charge in [-0.15, -0.1) is 0 Å². The molecule has 2 amide bonds. The molecule has 0 aliphatic rings. The number of nitrogens with one attached hydrogen (secondary N) is 1. The van der Waals surface area contributed by atoms with Crippen molar-refractivity contribution in [2.24, 2.45) is 5.84 Å². The number of rotatable bonds is 4. The Labute approximate surface area is 120 Å². The molecule has 1 aromatic rings. The van der Waals surface area contributed by atoms with Gasteiger partial charge in [0, 0.05) is 23.5 Å². The lowest BCUT2D eigenvalue weighted by Gasteiger charge is -2.11. The van der Waals surface area contributed by atoms with Crippen LogP contribution in [0.2, 0.25) is 0 Å². The average Bonchev–Trinajstić information content (AvgIpc) is 2.33. The molecule has 0 aliphatic carbocycles. The maximum Gasteiger partial charge on any atom is 0.305 e. The van der Waals surface area contributed by atoms with Crippen molar-refractivity contribution in [2.75, 3.05) is 18.1 Å². The standard InChI is InChI=1S/C12H17N3O2S2/c1-8-5-4-6-9(2)11(8)14-10(16)7-18-19-12(17)15(3)13/h4-6H,7,13H2,1-3H3,(H,14,16). The van der Waals surface area contributed by atoms with Crippen molar-refractivity contribution < 1.29 is 9.59 Å². The molecule has 0 aliphatic heterocycles. The molecule has 0 saturated heterocycles. The summed E-state index contributed by atoms with van der Waals surface area (Å²) >= 11 is 0. The second-order valence-electron chi connectivity index (χ2n) is 4.04. The molecule has 5 nitrogen and oxygen atoms in total. The number of anilines is 1. The third-order valence-electron chi connectivity index (χ3n) is 2.35. The predicted octanol–water partition coefficient (Wildman–Crippen LogP) is 2.55. The topological polar surface area (TPSA) is 75.4 Å². The van der Waals surface area contributed by atoms with Crippen LogP contribution in [0, 0.1) is 13.8 Å². The number of benzene rings is 1. The molecule has 0 aromatic heterocycles. The first-order valence-corrected chi connectivity index (χ1v) is 7.91. The van der Waals surface area contributed by atoms with Crippen LogP contribution in [0.5, 0.6) is 0 Å². The number of hydrogen-bond acceptors (Lipinski definition) is 5. The Morgan fingerprint density at radius 2 is 1.89 bits per heavy atom. The third-order valence-corrected chi connectivity index (χ3v) is 4.42. The third kappa shape index (κ3) is 5.14. The lowest BCUT2D eigenvalue weighted by Crippen LogP contribution is -2.29. The highest BCUT2D eigenvalue weighted by atomic mass is 33.1. The van der Waals surface area contributed by atoms with Crippen LogP contribution in [-0.2, 0) is 4.79 Å². The predicted molar refractivity (Wildman–Crippen MR) is 81.9 cm³/mol. The normalized spacial score (nSPS) is 10.1. The Hall–Kier alpha value is -1.18. The van der Waals surface area contributed by atoms with Gasteiger partial charge in [-0.05, 0) is 25.0 Å². The summed E-state index contributed by atoms with van der Waals surface area (Å²) in [5.41, 5.74) is 2.87. The van der Waals surface area contributed by atoms with E-state index in [1.165, 1.54) is 7.05 Å². The highest BCUT2D eigenvalue weighted by molar-refractivity contribution is 8.82. The van der Waals surface area contributed by atoms with Crippen LogP contribution >= 0.6 is 21.6 Å². The van der Waals surface area contributed by atoms with E-state index in [1.54, 1.807) is 0 Å². The smallest absolute Gasteiger partial charge is 0.305 e.